The molecule has 0 saturated carbocycles. The molecule has 0 aliphatic heterocycles. The summed E-state index contributed by atoms with van der Waals surface area (Å²) in [5.74, 6) is -0.127. The number of ether oxygens (including phenoxy) is 2. The molecular formula is C41H50N4O6. The lowest BCUT2D eigenvalue weighted by atomic mass is 9.85. The first-order valence-electron chi connectivity index (χ1n) is 17.2. The fourth-order valence-corrected chi connectivity index (χ4v) is 5.98. The first-order chi connectivity index (χ1) is 24.3. The molecule has 3 aromatic carbocycles. The minimum absolute atomic E-state index is 0.131. The number of aliphatic hydroxyl groups excluding tert-OH is 1. The summed E-state index contributed by atoms with van der Waals surface area (Å²) in [5, 5.41) is 20.6. The van der Waals surface area contributed by atoms with Gasteiger partial charge in [-0.3, -0.25) is 14.6 Å². The van der Waals surface area contributed by atoms with Crippen molar-refractivity contribution in [3.05, 3.63) is 119 Å². The summed E-state index contributed by atoms with van der Waals surface area (Å²) in [6.07, 6.45) is 0.774. The molecule has 10 heteroatoms. The summed E-state index contributed by atoms with van der Waals surface area (Å²) in [6, 6.07) is 26.8. The standard InChI is InChI=1S/C41H50N4O6/c1-27-13-12-14-28(2)37(27)51-26-36(47)43-32(23-29-15-8-7-9-16-29)25-35(46)34(44-39(48)38(41(3,4)5)45-40(49)50-6)24-30-18-20-31(21-19-30)33-17-10-11-22-42-33/h7-22,32,34-35,38,46H,23-26H2,1-6H3,(H,43,47)(H,44,48)(H,45,49)/t32-,34-,35-,38+/m0/s1. The monoisotopic (exact) mass is 694 g/mol. The highest BCUT2D eigenvalue weighted by atomic mass is 16.5. The summed E-state index contributed by atoms with van der Waals surface area (Å²) in [6.45, 7) is 9.17. The van der Waals surface area contributed by atoms with Crippen LogP contribution in [0, 0.1) is 19.3 Å². The maximum Gasteiger partial charge on any atom is 0.407 e. The Hall–Kier alpha value is -5.22. The molecule has 3 amide bonds. The van der Waals surface area contributed by atoms with Gasteiger partial charge >= 0.3 is 6.09 Å². The van der Waals surface area contributed by atoms with E-state index >= 15 is 0 Å². The molecule has 270 valence electrons. The minimum Gasteiger partial charge on any atom is -0.483 e. The maximum absolute atomic E-state index is 13.8. The molecule has 4 rings (SSSR count). The lowest BCUT2D eigenvalue weighted by Gasteiger charge is -2.33. The van der Waals surface area contributed by atoms with Crippen molar-refractivity contribution in [3.63, 3.8) is 0 Å². The number of para-hydroxylation sites is 1. The average molecular weight is 695 g/mol. The van der Waals surface area contributed by atoms with Crippen molar-refractivity contribution in [1.29, 1.82) is 0 Å². The van der Waals surface area contributed by atoms with E-state index in [4.69, 9.17) is 9.47 Å². The van der Waals surface area contributed by atoms with E-state index in [-0.39, 0.29) is 25.4 Å². The van der Waals surface area contributed by atoms with Crippen molar-refractivity contribution in [1.82, 2.24) is 20.9 Å². The Morgan fingerprint density at radius 1 is 0.784 bits per heavy atom. The molecule has 0 unspecified atom stereocenters. The highest BCUT2D eigenvalue weighted by Gasteiger charge is 2.36. The molecule has 4 atom stereocenters. The van der Waals surface area contributed by atoms with Gasteiger partial charge in [-0.2, -0.15) is 0 Å². The number of carbonyl (C=O) groups is 3. The molecule has 4 N–H and O–H groups in total. The van der Waals surface area contributed by atoms with Crippen molar-refractivity contribution in [2.75, 3.05) is 13.7 Å². The van der Waals surface area contributed by atoms with Gasteiger partial charge in [-0.05, 0) is 72.9 Å². The summed E-state index contributed by atoms with van der Waals surface area (Å²) in [4.78, 5) is 43.8. The molecular weight excluding hydrogens is 644 g/mol. The van der Waals surface area contributed by atoms with Gasteiger partial charge in [0.25, 0.3) is 5.91 Å². The quantitative estimate of drug-likeness (QED) is 0.125. The molecule has 0 saturated heterocycles. The Morgan fingerprint density at radius 2 is 1.43 bits per heavy atom. The topological polar surface area (TPSA) is 139 Å². The van der Waals surface area contributed by atoms with E-state index in [0.717, 1.165) is 33.5 Å². The molecule has 0 aliphatic carbocycles. The van der Waals surface area contributed by atoms with Crippen LogP contribution in [0.1, 0.15) is 49.4 Å². The number of rotatable bonds is 15. The third kappa shape index (κ3) is 11.7. The first-order valence-corrected chi connectivity index (χ1v) is 17.2. The van der Waals surface area contributed by atoms with Gasteiger partial charge < -0.3 is 30.5 Å². The number of amides is 3. The van der Waals surface area contributed by atoms with E-state index in [2.05, 4.69) is 20.9 Å². The van der Waals surface area contributed by atoms with Crippen LogP contribution < -0.4 is 20.7 Å². The molecule has 0 radical (unpaired) electrons. The number of alkyl carbamates (subject to hydrolysis) is 1. The Labute approximate surface area is 301 Å². The number of nitrogens with zero attached hydrogens (tertiary/aromatic N) is 1. The third-order valence-electron chi connectivity index (χ3n) is 8.71. The van der Waals surface area contributed by atoms with Gasteiger partial charge in [-0.15, -0.1) is 0 Å². The maximum atomic E-state index is 13.8. The van der Waals surface area contributed by atoms with Gasteiger partial charge in [0.2, 0.25) is 5.91 Å². The number of aliphatic hydroxyl groups is 1. The molecule has 0 aliphatic rings. The van der Waals surface area contributed by atoms with Crippen LogP contribution in [0.25, 0.3) is 11.3 Å². The second kappa shape index (κ2) is 18.1. The van der Waals surface area contributed by atoms with Gasteiger partial charge in [0.1, 0.15) is 11.8 Å². The van der Waals surface area contributed by atoms with Crippen LogP contribution in [0.4, 0.5) is 4.79 Å². The summed E-state index contributed by atoms with van der Waals surface area (Å²) in [5.41, 5.74) is 4.81. The van der Waals surface area contributed by atoms with Crippen molar-refractivity contribution < 1.29 is 29.0 Å². The van der Waals surface area contributed by atoms with Crippen LogP contribution in [0.2, 0.25) is 0 Å². The second-order valence-corrected chi connectivity index (χ2v) is 13.9. The summed E-state index contributed by atoms with van der Waals surface area (Å²) in [7, 11) is 1.24. The lowest BCUT2D eigenvalue weighted by molar-refractivity contribution is -0.127. The Balaban J connectivity index is 1.58. The zero-order valence-electron chi connectivity index (χ0n) is 30.3. The van der Waals surface area contributed by atoms with Crippen molar-refractivity contribution in [2.24, 2.45) is 5.41 Å². The smallest absolute Gasteiger partial charge is 0.407 e. The minimum atomic E-state index is -1.09. The average Bonchev–Trinajstić information content (AvgIpc) is 3.10. The molecule has 1 aromatic heterocycles. The van der Waals surface area contributed by atoms with Gasteiger partial charge in [0.15, 0.2) is 6.61 Å². The normalized spacial score (nSPS) is 13.6. The number of pyridine rings is 1. The summed E-state index contributed by atoms with van der Waals surface area (Å²) >= 11 is 0. The van der Waals surface area contributed by atoms with E-state index in [1.54, 1.807) is 6.20 Å². The van der Waals surface area contributed by atoms with E-state index < -0.39 is 41.6 Å². The molecule has 0 bridgehead atoms. The lowest BCUT2D eigenvalue weighted by Crippen LogP contribution is -2.58. The van der Waals surface area contributed by atoms with Crippen LogP contribution in [0.3, 0.4) is 0 Å². The first kappa shape index (κ1) is 38.6. The Kier molecular flexibility index (Phi) is 13.7. The van der Waals surface area contributed by atoms with E-state index in [9.17, 15) is 19.5 Å². The second-order valence-electron chi connectivity index (χ2n) is 13.9. The SMILES string of the molecule is COC(=O)N[C@H](C(=O)N[C@@H](Cc1ccc(-c2ccccn2)cc1)[C@@H](O)C[C@H](Cc1ccccc1)NC(=O)COc1c(C)cccc1C)C(C)(C)C. The number of hydrogen-bond donors (Lipinski definition) is 4. The van der Waals surface area contributed by atoms with Crippen molar-refractivity contribution in [2.45, 2.75) is 78.1 Å². The van der Waals surface area contributed by atoms with Crippen LogP contribution in [-0.4, -0.2) is 65.9 Å². The van der Waals surface area contributed by atoms with Crippen LogP contribution in [0.5, 0.6) is 5.75 Å². The fraction of sp³-hybridized carbons (Fsp3) is 0.366. The molecule has 0 spiro atoms. The Bertz CT molecular complexity index is 1700. The number of methoxy groups -OCH3 is 1. The number of aromatic nitrogens is 1. The molecule has 51 heavy (non-hydrogen) atoms. The molecule has 10 nitrogen and oxygen atoms in total. The number of carbonyl (C=O) groups excluding carboxylic acids is 3. The zero-order valence-corrected chi connectivity index (χ0v) is 30.3. The van der Waals surface area contributed by atoms with Gasteiger partial charge in [-0.1, -0.05) is 99.6 Å². The number of benzene rings is 3. The van der Waals surface area contributed by atoms with E-state index in [0.29, 0.717) is 12.2 Å². The van der Waals surface area contributed by atoms with Crippen molar-refractivity contribution in [3.8, 4) is 17.0 Å². The predicted octanol–water partition coefficient (Wildman–Crippen LogP) is 5.72. The van der Waals surface area contributed by atoms with E-state index in [1.165, 1.54) is 7.11 Å². The van der Waals surface area contributed by atoms with Crippen LogP contribution in [0.15, 0.2) is 97.2 Å². The number of hydrogen-bond acceptors (Lipinski definition) is 7. The van der Waals surface area contributed by atoms with Crippen LogP contribution >= 0.6 is 0 Å². The number of nitrogens with one attached hydrogen (secondary N) is 3. The highest BCUT2D eigenvalue weighted by molar-refractivity contribution is 5.86. The fourth-order valence-electron chi connectivity index (χ4n) is 5.98. The van der Waals surface area contributed by atoms with Crippen molar-refractivity contribution >= 4 is 17.9 Å². The van der Waals surface area contributed by atoms with Gasteiger partial charge in [0.05, 0.1) is 24.9 Å². The van der Waals surface area contributed by atoms with Crippen LogP contribution in [-0.2, 0) is 27.2 Å². The largest absolute Gasteiger partial charge is 0.483 e. The highest BCUT2D eigenvalue weighted by Crippen LogP contribution is 2.24. The Morgan fingerprint density at radius 3 is 2.04 bits per heavy atom. The number of aryl methyl sites for hydroxylation is 2. The van der Waals surface area contributed by atoms with Gasteiger partial charge in [-0.25, -0.2) is 4.79 Å². The molecule has 0 fully saturated rings. The van der Waals surface area contributed by atoms with E-state index in [1.807, 2.05) is 126 Å². The molecule has 1 heterocycles. The zero-order chi connectivity index (χ0) is 37.0. The summed E-state index contributed by atoms with van der Waals surface area (Å²) < 4.78 is 10.7. The predicted molar refractivity (Wildman–Crippen MR) is 198 cm³/mol. The molecule has 4 aromatic rings. The van der Waals surface area contributed by atoms with Gasteiger partial charge in [0, 0.05) is 17.8 Å². The third-order valence-corrected chi connectivity index (χ3v) is 8.71.